The van der Waals surface area contributed by atoms with E-state index in [0.717, 1.165) is 24.0 Å². The van der Waals surface area contributed by atoms with E-state index in [-0.39, 0.29) is 5.91 Å². The van der Waals surface area contributed by atoms with Crippen molar-refractivity contribution in [1.82, 2.24) is 10.2 Å². The Morgan fingerprint density at radius 2 is 2.32 bits per heavy atom. The summed E-state index contributed by atoms with van der Waals surface area (Å²) >= 11 is 1.64. The van der Waals surface area contributed by atoms with Gasteiger partial charge in [-0.05, 0) is 25.5 Å². The summed E-state index contributed by atoms with van der Waals surface area (Å²) in [6, 6.07) is 8.55. The molecule has 19 heavy (non-hydrogen) atoms. The Kier molecular flexibility index (Phi) is 3.53. The first-order chi connectivity index (χ1) is 9.25. The van der Waals surface area contributed by atoms with Crippen LogP contribution in [-0.4, -0.2) is 37.0 Å². The number of benzene rings is 1. The number of carbonyl (C=O) groups is 1. The Labute approximate surface area is 117 Å². The van der Waals surface area contributed by atoms with Crippen LogP contribution in [0.3, 0.4) is 0 Å². The Hall–Kier alpha value is -1.39. The number of carbonyl (C=O) groups excluding carboxylic acids is 1. The van der Waals surface area contributed by atoms with Gasteiger partial charge in [0.25, 0.3) is 5.91 Å². The zero-order valence-corrected chi connectivity index (χ0v) is 11.9. The number of thiophene rings is 1. The lowest BCUT2D eigenvalue weighted by Crippen LogP contribution is -2.38. The maximum absolute atomic E-state index is 12.5. The SMILES string of the molecule is CN(CC1CCCN1)C(=O)c1csc2ccccc12. The monoisotopic (exact) mass is 274 g/mol. The second-order valence-corrected chi connectivity index (χ2v) is 6.04. The van der Waals surface area contributed by atoms with Crippen LogP contribution < -0.4 is 5.32 Å². The van der Waals surface area contributed by atoms with Gasteiger partial charge in [-0.15, -0.1) is 11.3 Å². The summed E-state index contributed by atoms with van der Waals surface area (Å²) in [5.41, 5.74) is 0.834. The molecule has 1 N–H and O–H groups in total. The number of likely N-dealkylation sites (N-methyl/N-ethyl adjacent to an activating group) is 1. The van der Waals surface area contributed by atoms with E-state index < -0.39 is 0 Å². The van der Waals surface area contributed by atoms with Gasteiger partial charge in [0.2, 0.25) is 0 Å². The molecule has 3 rings (SSSR count). The Bertz CT molecular complexity index is 587. The topological polar surface area (TPSA) is 32.3 Å². The molecular weight excluding hydrogens is 256 g/mol. The van der Waals surface area contributed by atoms with Crippen LogP contribution in [0.2, 0.25) is 0 Å². The Balaban J connectivity index is 1.78. The molecule has 1 amide bonds. The molecule has 1 aromatic carbocycles. The van der Waals surface area contributed by atoms with E-state index in [9.17, 15) is 4.79 Å². The fourth-order valence-electron chi connectivity index (χ4n) is 2.68. The van der Waals surface area contributed by atoms with Crippen molar-refractivity contribution in [1.29, 1.82) is 0 Å². The molecule has 2 aromatic rings. The van der Waals surface area contributed by atoms with Crippen LogP contribution in [0.4, 0.5) is 0 Å². The van der Waals surface area contributed by atoms with Crippen molar-refractivity contribution in [2.45, 2.75) is 18.9 Å². The maximum atomic E-state index is 12.5. The summed E-state index contributed by atoms with van der Waals surface area (Å²) in [5, 5.41) is 6.48. The quantitative estimate of drug-likeness (QED) is 0.933. The van der Waals surface area contributed by atoms with Crippen LogP contribution in [0.15, 0.2) is 29.6 Å². The van der Waals surface area contributed by atoms with Crippen LogP contribution >= 0.6 is 11.3 Å². The van der Waals surface area contributed by atoms with Crippen LogP contribution in [0.5, 0.6) is 0 Å². The minimum Gasteiger partial charge on any atom is -0.340 e. The van der Waals surface area contributed by atoms with E-state index in [1.807, 2.05) is 35.5 Å². The Morgan fingerprint density at radius 1 is 1.47 bits per heavy atom. The highest BCUT2D eigenvalue weighted by atomic mass is 32.1. The molecule has 1 aliphatic rings. The first-order valence-corrected chi connectivity index (χ1v) is 7.59. The zero-order chi connectivity index (χ0) is 13.2. The van der Waals surface area contributed by atoms with Gasteiger partial charge in [-0.2, -0.15) is 0 Å². The Morgan fingerprint density at radius 3 is 3.11 bits per heavy atom. The minimum absolute atomic E-state index is 0.131. The smallest absolute Gasteiger partial charge is 0.255 e. The van der Waals surface area contributed by atoms with E-state index in [0.29, 0.717) is 6.04 Å². The maximum Gasteiger partial charge on any atom is 0.255 e. The van der Waals surface area contributed by atoms with Crippen molar-refractivity contribution in [3.63, 3.8) is 0 Å². The summed E-state index contributed by atoms with van der Waals surface area (Å²) in [4.78, 5) is 14.4. The number of rotatable bonds is 3. The van der Waals surface area contributed by atoms with E-state index in [2.05, 4.69) is 11.4 Å². The summed E-state index contributed by atoms with van der Waals surface area (Å²) in [5.74, 6) is 0.131. The summed E-state index contributed by atoms with van der Waals surface area (Å²) < 4.78 is 1.18. The average Bonchev–Trinajstić information content (AvgIpc) is 3.06. The summed E-state index contributed by atoms with van der Waals surface area (Å²) in [6.45, 7) is 1.87. The highest BCUT2D eigenvalue weighted by molar-refractivity contribution is 7.17. The fraction of sp³-hybridized carbons (Fsp3) is 0.400. The molecule has 0 radical (unpaired) electrons. The van der Waals surface area contributed by atoms with Crippen molar-refractivity contribution in [3.8, 4) is 0 Å². The largest absolute Gasteiger partial charge is 0.340 e. The first-order valence-electron chi connectivity index (χ1n) is 6.71. The summed E-state index contributed by atoms with van der Waals surface area (Å²) in [6.07, 6.45) is 2.39. The third kappa shape index (κ3) is 2.51. The van der Waals surface area contributed by atoms with Crippen molar-refractivity contribution in [2.75, 3.05) is 20.1 Å². The molecule has 0 saturated carbocycles. The molecule has 0 bridgehead atoms. The number of nitrogens with zero attached hydrogens (tertiary/aromatic N) is 1. The van der Waals surface area contributed by atoms with Gasteiger partial charge < -0.3 is 10.2 Å². The number of hydrogen-bond acceptors (Lipinski definition) is 3. The van der Waals surface area contributed by atoms with Gasteiger partial charge in [-0.3, -0.25) is 4.79 Å². The van der Waals surface area contributed by atoms with Crippen LogP contribution in [-0.2, 0) is 0 Å². The van der Waals surface area contributed by atoms with Gasteiger partial charge in [0.05, 0.1) is 5.56 Å². The van der Waals surface area contributed by atoms with Gasteiger partial charge in [0.15, 0.2) is 0 Å². The number of nitrogens with one attached hydrogen (secondary N) is 1. The molecular formula is C15H18N2OS. The number of hydrogen-bond donors (Lipinski definition) is 1. The third-order valence-corrected chi connectivity index (χ3v) is 4.68. The number of amides is 1. The minimum atomic E-state index is 0.131. The molecule has 1 fully saturated rings. The van der Waals surface area contributed by atoms with E-state index in [4.69, 9.17) is 0 Å². The van der Waals surface area contributed by atoms with E-state index in [1.165, 1.54) is 17.5 Å². The normalized spacial score (nSPS) is 18.9. The molecule has 1 aliphatic heterocycles. The second-order valence-electron chi connectivity index (χ2n) is 5.12. The molecule has 4 heteroatoms. The van der Waals surface area contributed by atoms with Crippen LogP contribution in [0.25, 0.3) is 10.1 Å². The van der Waals surface area contributed by atoms with Gasteiger partial charge in [0, 0.05) is 35.1 Å². The predicted molar refractivity (Wildman–Crippen MR) is 79.8 cm³/mol. The second kappa shape index (κ2) is 5.31. The van der Waals surface area contributed by atoms with Gasteiger partial charge in [-0.25, -0.2) is 0 Å². The lowest BCUT2D eigenvalue weighted by atomic mass is 10.1. The van der Waals surface area contributed by atoms with Crippen molar-refractivity contribution in [3.05, 3.63) is 35.2 Å². The van der Waals surface area contributed by atoms with Crippen molar-refractivity contribution < 1.29 is 4.79 Å². The highest BCUT2D eigenvalue weighted by Crippen LogP contribution is 2.26. The van der Waals surface area contributed by atoms with Crippen molar-refractivity contribution in [2.24, 2.45) is 0 Å². The average molecular weight is 274 g/mol. The zero-order valence-electron chi connectivity index (χ0n) is 11.1. The first kappa shape index (κ1) is 12.6. The highest BCUT2D eigenvalue weighted by Gasteiger charge is 2.21. The van der Waals surface area contributed by atoms with Gasteiger partial charge in [0.1, 0.15) is 0 Å². The standard InChI is InChI=1S/C15H18N2OS/c1-17(9-11-5-4-8-16-11)15(18)13-10-19-14-7-3-2-6-12(13)14/h2-3,6-7,10-11,16H,4-5,8-9H2,1H3. The van der Waals surface area contributed by atoms with Gasteiger partial charge >= 0.3 is 0 Å². The third-order valence-electron chi connectivity index (χ3n) is 3.71. The van der Waals surface area contributed by atoms with E-state index >= 15 is 0 Å². The molecule has 3 nitrogen and oxygen atoms in total. The molecule has 2 heterocycles. The number of fused-ring (bicyclic) bond motifs is 1. The lowest BCUT2D eigenvalue weighted by molar-refractivity contribution is 0.0786. The molecule has 0 aliphatic carbocycles. The van der Waals surface area contributed by atoms with Crippen molar-refractivity contribution >= 4 is 27.3 Å². The molecule has 1 atom stereocenters. The van der Waals surface area contributed by atoms with Gasteiger partial charge in [-0.1, -0.05) is 18.2 Å². The fourth-order valence-corrected chi connectivity index (χ4v) is 3.61. The molecule has 0 spiro atoms. The molecule has 100 valence electrons. The van der Waals surface area contributed by atoms with E-state index in [1.54, 1.807) is 11.3 Å². The van der Waals surface area contributed by atoms with Crippen LogP contribution in [0, 0.1) is 0 Å². The predicted octanol–water partition coefficient (Wildman–Crippen LogP) is 2.73. The summed E-state index contributed by atoms with van der Waals surface area (Å²) in [7, 11) is 1.90. The van der Waals surface area contributed by atoms with Crippen LogP contribution in [0.1, 0.15) is 23.2 Å². The molecule has 1 unspecified atom stereocenters. The molecule has 1 saturated heterocycles. The molecule has 1 aromatic heterocycles. The lowest BCUT2D eigenvalue weighted by Gasteiger charge is -2.21.